The molecule has 2 aromatic rings. The van der Waals surface area contributed by atoms with Gasteiger partial charge in [0, 0.05) is 12.2 Å². The summed E-state index contributed by atoms with van der Waals surface area (Å²) in [6.45, 7) is 2.35. The molecule has 0 bridgehead atoms. The van der Waals surface area contributed by atoms with Crippen LogP contribution in [0.5, 0.6) is 0 Å². The molecule has 0 atom stereocenters. The first-order valence-corrected chi connectivity index (χ1v) is 8.59. The van der Waals surface area contributed by atoms with Gasteiger partial charge in [-0.2, -0.15) is 0 Å². The van der Waals surface area contributed by atoms with Crippen LogP contribution in [0.15, 0.2) is 53.4 Å². The summed E-state index contributed by atoms with van der Waals surface area (Å²) in [5.41, 5.74) is 8.16. The van der Waals surface area contributed by atoms with E-state index in [2.05, 4.69) is 5.32 Å². The number of nitrogen functional groups attached to an aromatic ring is 1. The molecule has 21 heavy (non-hydrogen) atoms. The Morgan fingerprint density at radius 1 is 1.05 bits per heavy atom. The van der Waals surface area contributed by atoms with Gasteiger partial charge < -0.3 is 11.1 Å². The van der Waals surface area contributed by atoms with E-state index in [1.165, 1.54) is 0 Å². The minimum Gasteiger partial charge on any atom is -0.398 e. The third-order valence-corrected chi connectivity index (χ3v) is 5.19. The van der Waals surface area contributed by atoms with Crippen LogP contribution in [0.25, 0.3) is 0 Å². The SMILES string of the molecule is CCCS(=O)(=O)c1ccccc1NCc1ccccc1N. The zero-order valence-corrected chi connectivity index (χ0v) is 12.9. The number of hydrogen-bond acceptors (Lipinski definition) is 4. The zero-order valence-electron chi connectivity index (χ0n) is 12.0. The first-order valence-electron chi connectivity index (χ1n) is 6.93. The van der Waals surface area contributed by atoms with Crippen LogP contribution < -0.4 is 11.1 Å². The maximum Gasteiger partial charge on any atom is 0.180 e. The summed E-state index contributed by atoms with van der Waals surface area (Å²) in [5.74, 6) is 0.152. The molecule has 3 N–H and O–H groups in total. The Labute approximate surface area is 125 Å². The number of benzene rings is 2. The van der Waals surface area contributed by atoms with Crippen molar-refractivity contribution in [1.29, 1.82) is 0 Å². The highest BCUT2D eigenvalue weighted by Gasteiger charge is 2.17. The van der Waals surface area contributed by atoms with Crippen molar-refractivity contribution >= 4 is 21.2 Å². The van der Waals surface area contributed by atoms with E-state index in [0.717, 1.165) is 5.56 Å². The summed E-state index contributed by atoms with van der Waals surface area (Å²) in [4.78, 5) is 0.348. The van der Waals surface area contributed by atoms with Gasteiger partial charge in [-0.05, 0) is 30.2 Å². The van der Waals surface area contributed by atoms with E-state index in [-0.39, 0.29) is 5.75 Å². The number of sulfone groups is 1. The minimum absolute atomic E-state index is 0.152. The average molecular weight is 304 g/mol. The van der Waals surface area contributed by atoms with E-state index >= 15 is 0 Å². The van der Waals surface area contributed by atoms with Gasteiger partial charge in [0.05, 0.1) is 16.3 Å². The van der Waals surface area contributed by atoms with Crippen LogP contribution in [0, 0.1) is 0 Å². The molecule has 0 fully saturated rings. The number of hydrogen-bond donors (Lipinski definition) is 2. The van der Waals surface area contributed by atoms with Crippen molar-refractivity contribution in [3.8, 4) is 0 Å². The Balaban J connectivity index is 2.24. The molecule has 0 aromatic heterocycles. The monoisotopic (exact) mass is 304 g/mol. The standard InChI is InChI=1S/C16H20N2O2S/c1-2-11-21(19,20)16-10-6-5-9-15(16)18-12-13-7-3-4-8-14(13)17/h3-10,18H,2,11-12,17H2,1H3. The molecule has 4 nitrogen and oxygen atoms in total. The smallest absolute Gasteiger partial charge is 0.180 e. The summed E-state index contributed by atoms with van der Waals surface area (Å²) < 4.78 is 24.5. The van der Waals surface area contributed by atoms with Gasteiger partial charge in [-0.1, -0.05) is 37.3 Å². The number of para-hydroxylation sites is 2. The van der Waals surface area contributed by atoms with Crippen LogP contribution >= 0.6 is 0 Å². The molecule has 0 amide bonds. The second kappa shape index (κ2) is 6.63. The summed E-state index contributed by atoms with van der Waals surface area (Å²) in [5, 5.41) is 3.18. The quantitative estimate of drug-likeness (QED) is 0.805. The summed E-state index contributed by atoms with van der Waals surface area (Å²) in [7, 11) is -3.25. The van der Waals surface area contributed by atoms with Crippen LogP contribution in [-0.4, -0.2) is 14.2 Å². The molecule has 0 saturated heterocycles. The van der Waals surface area contributed by atoms with Crippen molar-refractivity contribution in [2.24, 2.45) is 0 Å². The first kappa shape index (κ1) is 15.4. The fourth-order valence-electron chi connectivity index (χ4n) is 2.15. The molecule has 5 heteroatoms. The first-order chi connectivity index (χ1) is 10.0. The second-order valence-electron chi connectivity index (χ2n) is 4.87. The maximum atomic E-state index is 12.3. The van der Waals surface area contributed by atoms with E-state index in [1.54, 1.807) is 18.2 Å². The second-order valence-corrected chi connectivity index (χ2v) is 6.94. The Kier molecular flexibility index (Phi) is 4.85. The van der Waals surface area contributed by atoms with Crippen molar-refractivity contribution in [3.05, 3.63) is 54.1 Å². The number of nitrogens with two attached hydrogens (primary N) is 1. The number of nitrogens with one attached hydrogen (secondary N) is 1. The van der Waals surface area contributed by atoms with Gasteiger partial charge in [0.15, 0.2) is 9.84 Å². The maximum absolute atomic E-state index is 12.3. The minimum atomic E-state index is -3.25. The van der Waals surface area contributed by atoms with Crippen molar-refractivity contribution in [2.75, 3.05) is 16.8 Å². The van der Waals surface area contributed by atoms with Gasteiger partial charge in [0.25, 0.3) is 0 Å². The topological polar surface area (TPSA) is 72.2 Å². The van der Waals surface area contributed by atoms with Gasteiger partial charge in [0.2, 0.25) is 0 Å². The van der Waals surface area contributed by atoms with Crippen LogP contribution in [0.1, 0.15) is 18.9 Å². The largest absolute Gasteiger partial charge is 0.398 e. The molecular formula is C16H20N2O2S. The summed E-state index contributed by atoms with van der Waals surface area (Å²) in [6.07, 6.45) is 0.600. The summed E-state index contributed by atoms with van der Waals surface area (Å²) >= 11 is 0. The molecule has 0 aliphatic rings. The van der Waals surface area contributed by atoms with Gasteiger partial charge in [-0.15, -0.1) is 0 Å². The Morgan fingerprint density at radius 2 is 1.71 bits per heavy atom. The van der Waals surface area contributed by atoms with Crippen molar-refractivity contribution < 1.29 is 8.42 Å². The summed E-state index contributed by atoms with van der Waals surface area (Å²) in [6, 6.07) is 14.5. The van der Waals surface area contributed by atoms with Crippen LogP contribution in [-0.2, 0) is 16.4 Å². The van der Waals surface area contributed by atoms with Crippen LogP contribution in [0.3, 0.4) is 0 Å². The Hall–Kier alpha value is -2.01. The Bertz CT molecular complexity index is 712. The van der Waals surface area contributed by atoms with Gasteiger partial charge in [-0.3, -0.25) is 0 Å². The molecular weight excluding hydrogens is 284 g/mol. The van der Waals surface area contributed by atoms with Crippen LogP contribution in [0.2, 0.25) is 0 Å². The third kappa shape index (κ3) is 3.76. The predicted molar refractivity (Wildman–Crippen MR) is 87.0 cm³/mol. The lowest BCUT2D eigenvalue weighted by atomic mass is 10.2. The third-order valence-electron chi connectivity index (χ3n) is 3.22. The lowest BCUT2D eigenvalue weighted by molar-refractivity contribution is 0.595. The van der Waals surface area contributed by atoms with Gasteiger partial charge in [-0.25, -0.2) is 8.42 Å². The van der Waals surface area contributed by atoms with Crippen molar-refractivity contribution in [3.63, 3.8) is 0 Å². The molecule has 0 heterocycles. The van der Waals surface area contributed by atoms with Crippen LogP contribution in [0.4, 0.5) is 11.4 Å². The Morgan fingerprint density at radius 3 is 2.43 bits per heavy atom. The molecule has 0 radical (unpaired) electrons. The highest BCUT2D eigenvalue weighted by molar-refractivity contribution is 7.91. The lowest BCUT2D eigenvalue weighted by Gasteiger charge is -2.13. The number of rotatable bonds is 6. The molecule has 0 aliphatic heterocycles. The molecule has 0 aliphatic carbocycles. The number of anilines is 2. The average Bonchev–Trinajstić information content (AvgIpc) is 2.47. The fourth-order valence-corrected chi connectivity index (χ4v) is 3.67. The van der Waals surface area contributed by atoms with Gasteiger partial charge in [0.1, 0.15) is 0 Å². The molecule has 2 rings (SSSR count). The predicted octanol–water partition coefficient (Wildman–Crippen LogP) is 3.06. The van der Waals surface area contributed by atoms with E-state index in [0.29, 0.717) is 29.2 Å². The highest BCUT2D eigenvalue weighted by Crippen LogP contribution is 2.23. The van der Waals surface area contributed by atoms with E-state index < -0.39 is 9.84 Å². The van der Waals surface area contributed by atoms with Gasteiger partial charge >= 0.3 is 0 Å². The zero-order chi connectivity index (χ0) is 15.3. The molecule has 0 spiro atoms. The fraction of sp³-hybridized carbons (Fsp3) is 0.250. The highest BCUT2D eigenvalue weighted by atomic mass is 32.2. The normalized spacial score (nSPS) is 11.3. The van der Waals surface area contributed by atoms with E-state index in [1.807, 2.05) is 37.3 Å². The van der Waals surface area contributed by atoms with E-state index in [9.17, 15) is 8.42 Å². The van der Waals surface area contributed by atoms with E-state index in [4.69, 9.17) is 5.73 Å². The molecule has 0 saturated carbocycles. The molecule has 112 valence electrons. The van der Waals surface area contributed by atoms with Crippen molar-refractivity contribution in [2.45, 2.75) is 24.8 Å². The van der Waals surface area contributed by atoms with Crippen molar-refractivity contribution in [1.82, 2.24) is 0 Å². The molecule has 0 unspecified atom stereocenters. The lowest BCUT2D eigenvalue weighted by Crippen LogP contribution is -2.10. The molecule has 2 aromatic carbocycles.